The molecule has 1 saturated heterocycles. The summed E-state index contributed by atoms with van der Waals surface area (Å²) in [6.45, 7) is 4.59. The molecule has 0 bridgehead atoms. The predicted molar refractivity (Wildman–Crippen MR) is 93.1 cm³/mol. The first kappa shape index (κ1) is 17.4. The van der Waals surface area contributed by atoms with Gasteiger partial charge in [-0.3, -0.25) is 14.7 Å². The Morgan fingerprint density at radius 1 is 1.20 bits per heavy atom. The monoisotopic (exact) mass is 343 g/mol. The highest BCUT2D eigenvalue weighted by Gasteiger charge is 2.27. The lowest BCUT2D eigenvalue weighted by molar-refractivity contribution is 0.0573. The van der Waals surface area contributed by atoms with E-state index in [4.69, 9.17) is 4.74 Å². The molecule has 2 heterocycles. The van der Waals surface area contributed by atoms with Crippen LogP contribution in [0.15, 0.2) is 42.6 Å². The van der Waals surface area contributed by atoms with Crippen molar-refractivity contribution in [3.05, 3.63) is 59.7 Å². The third kappa shape index (κ3) is 3.79. The first-order valence-corrected chi connectivity index (χ1v) is 8.38. The van der Waals surface area contributed by atoms with Crippen molar-refractivity contribution in [3.8, 4) is 5.75 Å². The number of amides is 1. The van der Waals surface area contributed by atoms with Crippen LogP contribution in [0.25, 0.3) is 0 Å². The van der Waals surface area contributed by atoms with E-state index in [9.17, 15) is 9.18 Å². The molecule has 0 spiro atoms. The van der Waals surface area contributed by atoms with Gasteiger partial charge < -0.3 is 9.64 Å². The van der Waals surface area contributed by atoms with E-state index in [0.717, 1.165) is 0 Å². The van der Waals surface area contributed by atoms with Crippen molar-refractivity contribution in [2.24, 2.45) is 0 Å². The molecule has 1 aromatic heterocycles. The van der Waals surface area contributed by atoms with E-state index in [1.54, 1.807) is 36.4 Å². The Morgan fingerprint density at radius 3 is 2.60 bits per heavy atom. The van der Waals surface area contributed by atoms with Crippen LogP contribution in [0.3, 0.4) is 0 Å². The van der Waals surface area contributed by atoms with E-state index < -0.39 is 0 Å². The van der Waals surface area contributed by atoms with Gasteiger partial charge in [-0.15, -0.1) is 0 Å². The number of rotatable bonds is 4. The highest BCUT2D eigenvalue weighted by atomic mass is 19.1. The molecule has 1 aliphatic rings. The molecular weight excluding hydrogens is 321 g/mol. The van der Waals surface area contributed by atoms with E-state index in [2.05, 4.69) is 9.88 Å². The van der Waals surface area contributed by atoms with E-state index in [1.165, 1.54) is 6.07 Å². The fourth-order valence-electron chi connectivity index (χ4n) is 3.14. The summed E-state index contributed by atoms with van der Waals surface area (Å²) in [6, 6.07) is 10.2. The number of benzene rings is 1. The third-order valence-electron chi connectivity index (χ3n) is 4.69. The van der Waals surface area contributed by atoms with Gasteiger partial charge in [0.25, 0.3) is 5.91 Å². The van der Waals surface area contributed by atoms with Crippen LogP contribution >= 0.6 is 0 Å². The van der Waals surface area contributed by atoms with Crippen LogP contribution in [0, 0.1) is 5.82 Å². The molecule has 1 amide bonds. The maximum atomic E-state index is 14.0. The lowest BCUT2D eigenvalue weighted by atomic mass is 10.1. The first-order valence-electron chi connectivity index (χ1n) is 8.38. The molecule has 1 unspecified atom stereocenters. The number of carbonyl (C=O) groups is 1. The number of halogens is 1. The Bertz CT molecular complexity index is 745. The Labute approximate surface area is 147 Å². The quantitative estimate of drug-likeness (QED) is 0.856. The number of piperazine rings is 1. The van der Waals surface area contributed by atoms with Gasteiger partial charge in [0, 0.05) is 50.0 Å². The molecule has 1 fully saturated rings. The molecule has 3 rings (SSSR count). The summed E-state index contributed by atoms with van der Waals surface area (Å²) in [5.41, 5.74) is 1.08. The maximum Gasteiger partial charge on any atom is 0.272 e. The zero-order chi connectivity index (χ0) is 17.8. The second kappa shape index (κ2) is 7.61. The van der Waals surface area contributed by atoms with Crippen LogP contribution in [0.2, 0.25) is 0 Å². The number of pyridine rings is 1. The lowest BCUT2D eigenvalue weighted by Crippen LogP contribution is -2.49. The standard InChI is InChI=1S/C19H22FN3O2/c1-14(16-5-3-4-6-17(16)20)22-9-11-23(12-10-22)19(24)18-13-15(25-2)7-8-21-18/h3-8,13-14H,9-12H2,1-2H3. The number of methoxy groups -OCH3 is 1. The van der Waals surface area contributed by atoms with Crippen molar-refractivity contribution in [2.75, 3.05) is 33.3 Å². The average molecular weight is 343 g/mol. The lowest BCUT2D eigenvalue weighted by Gasteiger charge is -2.38. The number of hydrogen-bond acceptors (Lipinski definition) is 4. The zero-order valence-electron chi connectivity index (χ0n) is 14.5. The number of carbonyl (C=O) groups excluding carboxylic acids is 1. The van der Waals surface area contributed by atoms with Crippen molar-refractivity contribution in [1.82, 2.24) is 14.8 Å². The molecule has 0 N–H and O–H groups in total. The van der Waals surface area contributed by atoms with Crippen molar-refractivity contribution in [2.45, 2.75) is 13.0 Å². The Kier molecular flexibility index (Phi) is 5.28. The van der Waals surface area contributed by atoms with Crippen LogP contribution in [0.1, 0.15) is 29.0 Å². The summed E-state index contributed by atoms with van der Waals surface area (Å²) in [7, 11) is 1.56. The molecule has 5 nitrogen and oxygen atoms in total. The largest absolute Gasteiger partial charge is 0.497 e. The van der Waals surface area contributed by atoms with Crippen LogP contribution < -0.4 is 4.74 Å². The summed E-state index contributed by atoms with van der Waals surface area (Å²) < 4.78 is 19.1. The van der Waals surface area contributed by atoms with Gasteiger partial charge in [-0.05, 0) is 19.1 Å². The Hall–Kier alpha value is -2.47. The van der Waals surface area contributed by atoms with E-state index in [0.29, 0.717) is 43.2 Å². The summed E-state index contributed by atoms with van der Waals surface area (Å²) in [4.78, 5) is 20.7. The molecule has 1 atom stereocenters. The summed E-state index contributed by atoms with van der Waals surface area (Å²) >= 11 is 0. The van der Waals surface area contributed by atoms with Crippen LogP contribution in [0.5, 0.6) is 5.75 Å². The zero-order valence-corrected chi connectivity index (χ0v) is 14.5. The van der Waals surface area contributed by atoms with Crippen molar-refractivity contribution in [3.63, 3.8) is 0 Å². The minimum atomic E-state index is -0.186. The van der Waals surface area contributed by atoms with Crippen LogP contribution in [0.4, 0.5) is 4.39 Å². The van der Waals surface area contributed by atoms with Gasteiger partial charge in [0.15, 0.2) is 0 Å². The van der Waals surface area contributed by atoms with E-state index in [1.807, 2.05) is 19.1 Å². The predicted octanol–water partition coefficient (Wildman–Crippen LogP) is 2.75. The van der Waals surface area contributed by atoms with Gasteiger partial charge in [-0.1, -0.05) is 18.2 Å². The number of ether oxygens (including phenoxy) is 1. The Morgan fingerprint density at radius 2 is 1.92 bits per heavy atom. The molecule has 2 aromatic rings. The molecule has 1 aromatic carbocycles. The number of hydrogen-bond donors (Lipinski definition) is 0. The van der Waals surface area contributed by atoms with Gasteiger partial charge in [0.1, 0.15) is 17.3 Å². The fraction of sp³-hybridized carbons (Fsp3) is 0.368. The Balaban J connectivity index is 1.63. The van der Waals surface area contributed by atoms with Gasteiger partial charge in [-0.2, -0.15) is 0 Å². The highest BCUT2D eigenvalue weighted by Crippen LogP contribution is 2.24. The molecular formula is C19H22FN3O2. The fourth-order valence-corrected chi connectivity index (χ4v) is 3.14. The molecule has 0 radical (unpaired) electrons. The van der Waals surface area contributed by atoms with Crippen molar-refractivity contribution >= 4 is 5.91 Å². The summed E-state index contributed by atoms with van der Waals surface area (Å²) in [6.07, 6.45) is 1.57. The van der Waals surface area contributed by atoms with E-state index in [-0.39, 0.29) is 17.8 Å². The van der Waals surface area contributed by atoms with Gasteiger partial charge in [0.05, 0.1) is 7.11 Å². The van der Waals surface area contributed by atoms with Crippen LogP contribution in [-0.4, -0.2) is 54.0 Å². The summed E-state index contributed by atoms with van der Waals surface area (Å²) in [5, 5.41) is 0. The normalized spacial score (nSPS) is 16.5. The molecule has 0 aliphatic carbocycles. The number of aromatic nitrogens is 1. The highest BCUT2D eigenvalue weighted by molar-refractivity contribution is 5.92. The first-order chi connectivity index (χ1) is 12.1. The van der Waals surface area contributed by atoms with Gasteiger partial charge in [0.2, 0.25) is 0 Å². The van der Waals surface area contributed by atoms with E-state index >= 15 is 0 Å². The maximum absolute atomic E-state index is 14.0. The van der Waals surface area contributed by atoms with Crippen molar-refractivity contribution in [1.29, 1.82) is 0 Å². The van der Waals surface area contributed by atoms with Crippen LogP contribution in [-0.2, 0) is 0 Å². The smallest absolute Gasteiger partial charge is 0.272 e. The third-order valence-corrected chi connectivity index (χ3v) is 4.69. The second-order valence-electron chi connectivity index (χ2n) is 6.11. The SMILES string of the molecule is COc1ccnc(C(=O)N2CCN(C(C)c3ccccc3F)CC2)c1. The topological polar surface area (TPSA) is 45.7 Å². The minimum absolute atomic E-state index is 0.0200. The van der Waals surface area contributed by atoms with Gasteiger partial charge >= 0.3 is 0 Å². The molecule has 1 aliphatic heterocycles. The molecule has 0 saturated carbocycles. The second-order valence-corrected chi connectivity index (χ2v) is 6.11. The molecule has 132 valence electrons. The minimum Gasteiger partial charge on any atom is -0.497 e. The molecule has 6 heteroatoms. The van der Waals surface area contributed by atoms with Gasteiger partial charge in [-0.25, -0.2) is 4.39 Å². The van der Waals surface area contributed by atoms with Crippen molar-refractivity contribution < 1.29 is 13.9 Å². The molecule has 25 heavy (non-hydrogen) atoms. The summed E-state index contributed by atoms with van der Waals surface area (Å²) in [5.74, 6) is 0.330. The number of nitrogens with zero attached hydrogens (tertiary/aromatic N) is 3. The average Bonchev–Trinajstić information content (AvgIpc) is 2.67.